The first-order valence-corrected chi connectivity index (χ1v) is 11.5. The summed E-state index contributed by atoms with van der Waals surface area (Å²) < 4.78 is 0. The van der Waals surface area contributed by atoms with Gasteiger partial charge in [-0.15, -0.1) is 0 Å². The third-order valence-corrected chi connectivity index (χ3v) is 5.55. The second kappa shape index (κ2) is 10.5. The molecule has 1 fully saturated rings. The van der Waals surface area contributed by atoms with Crippen LogP contribution in [-0.4, -0.2) is 47.8 Å². The Balaban J connectivity index is 1.51. The number of rotatable bonds is 6. The fourth-order valence-corrected chi connectivity index (χ4v) is 3.66. The molecule has 7 heteroatoms. The molecule has 0 bridgehead atoms. The normalized spacial score (nSPS) is 14.5. The number of likely N-dealkylation sites (tertiary alicyclic amines) is 1. The Morgan fingerprint density at radius 3 is 2.24 bits per heavy atom. The number of piperidine rings is 1. The van der Waals surface area contributed by atoms with Gasteiger partial charge in [0.05, 0.1) is 6.54 Å². The Morgan fingerprint density at radius 1 is 0.939 bits per heavy atom. The minimum absolute atomic E-state index is 0.0330. The maximum atomic E-state index is 12.8. The molecular weight excluding hydrogens is 416 g/mol. The molecule has 1 heterocycles. The van der Waals surface area contributed by atoms with Gasteiger partial charge in [0.15, 0.2) is 0 Å². The van der Waals surface area contributed by atoms with Gasteiger partial charge >= 0.3 is 0 Å². The van der Waals surface area contributed by atoms with Crippen LogP contribution in [0, 0.1) is 5.92 Å². The summed E-state index contributed by atoms with van der Waals surface area (Å²) in [4.78, 5) is 39.2. The highest BCUT2D eigenvalue weighted by atomic mass is 16.2. The second-order valence-corrected chi connectivity index (χ2v) is 9.74. The molecule has 1 aliphatic rings. The van der Waals surface area contributed by atoms with Crippen molar-refractivity contribution in [3.63, 3.8) is 0 Å². The first-order chi connectivity index (χ1) is 15.6. The molecule has 0 aromatic heterocycles. The van der Waals surface area contributed by atoms with Gasteiger partial charge in [0, 0.05) is 41.1 Å². The molecule has 2 aromatic rings. The lowest BCUT2D eigenvalue weighted by Gasteiger charge is -2.30. The van der Waals surface area contributed by atoms with E-state index in [0.717, 1.165) is 31.6 Å². The van der Waals surface area contributed by atoms with E-state index in [1.54, 1.807) is 30.3 Å². The van der Waals surface area contributed by atoms with E-state index in [2.05, 4.69) is 22.9 Å². The van der Waals surface area contributed by atoms with Gasteiger partial charge < -0.3 is 20.9 Å². The molecular formula is C26H34N4O3. The van der Waals surface area contributed by atoms with Gasteiger partial charge in [-0.05, 0) is 82.0 Å². The zero-order chi connectivity index (χ0) is 24.0. The number of nitrogens with zero attached hydrogens (tertiary/aromatic N) is 1. The maximum Gasteiger partial charge on any atom is 0.253 e. The van der Waals surface area contributed by atoms with E-state index in [9.17, 15) is 14.4 Å². The molecule has 2 aromatic carbocycles. The Morgan fingerprint density at radius 2 is 1.61 bits per heavy atom. The number of benzene rings is 2. The third kappa shape index (κ3) is 7.34. The largest absolute Gasteiger partial charge is 0.376 e. The quantitative estimate of drug-likeness (QED) is 0.617. The van der Waals surface area contributed by atoms with Crippen molar-refractivity contribution in [3.05, 3.63) is 59.7 Å². The van der Waals surface area contributed by atoms with E-state index >= 15 is 0 Å². The SMILES string of the molecule is CC1CCN(C(=O)c2cccc(NCC(=O)Nc3ccc(C(=O)NC(C)(C)C)cc3)c2)CC1. The minimum atomic E-state index is -0.316. The highest BCUT2D eigenvalue weighted by Gasteiger charge is 2.21. The number of amides is 3. The van der Waals surface area contributed by atoms with Gasteiger partial charge in [0.25, 0.3) is 11.8 Å². The van der Waals surface area contributed by atoms with Crippen LogP contribution in [0.2, 0.25) is 0 Å². The summed E-state index contributed by atoms with van der Waals surface area (Å²) >= 11 is 0. The lowest BCUT2D eigenvalue weighted by atomic mass is 9.98. The molecule has 33 heavy (non-hydrogen) atoms. The van der Waals surface area contributed by atoms with Crippen molar-refractivity contribution in [3.8, 4) is 0 Å². The molecule has 0 saturated carbocycles. The summed E-state index contributed by atoms with van der Waals surface area (Å²) in [7, 11) is 0. The first-order valence-electron chi connectivity index (χ1n) is 11.5. The van der Waals surface area contributed by atoms with Crippen LogP contribution in [0.3, 0.4) is 0 Å². The molecule has 0 radical (unpaired) electrons. The number of nitrogens with one attached hydrogen (secondary N) is 3. The van der Waals surface area contributed by atoms with Crippen molar-refractivity contribution in [2.45, 2.75) is 46.1 Å². The van der Waals surface area contributed by atoms with E-state index < -0.39 is 0 Å². The average Bonchev–Trinajstić information content (AvgIpc) is 2.77. The molecule has 3 amide bonds. The molecule has 0 spiro atoms. The van der Waals surface area contributed by atoms with Crippen molar-refractivity contribution >= 4 is 29.1 Å². The van der Waals surface area contributed by atoms with E-state index in [4.69, 9.17) is 0 Å². The summed E-state index contributed by atoms with van der Waals surface area (Å²) in [5.41, 5.74) is 2.17. The van der Waals surface area contributed by atoms with E-state index in [1.165, 1.54) is 0 Å². The number of carbonyl (C=O) groups is 3. The lowest BCUT2D eigenvalue weighted by Crippen LogP contribution is -2.40. The van der Waals surface area contributed by atoms with Crippen LogP contribution in [0.5, 0.6) is 0 Å². The molecule has 176 valence electrons. The number of anilines is 2. The van der Waals surface area contributed by atoms with E-state index in [1.807, 2.05) is 43.9 Å². The molecule has 7 nitrogen and oxygen atoms in total. The van der Waals surface area contributed by atoms with Crippen molar-refractivity contribution < 1.29 is 14.4 Å². The van der Waals surface area contributed by atoms with Gasteiger partial charge in [-0.3, -0.25) is 14.4 Å². The monoisotopic (exact) mass is 450 g/mol. The van der Waals surface area contributed by atoms with E-state index in [-0.39, 0.29) is 29.8 Å². The van der Waals surface area contributed by atoms with Crippen molar-refractivity contribution in [1.29, 1.82) is 0 Å². The predicted molar refractivity (Wildman–Crippen MR) is 132 cm³/mol. The van der Waals surface area contributed by atoms with Crippen molar-refractivity contribution in [2.75, 3.05) is 30.3 Å². The molecule has 0 aliphatic carbocycles. The van der Waals surface area contributed by atoms with Gasteiger partial charge in [0.1, 0.15) is 0 Å². The Hall–Kier alpha value is -3.35. The van der Waals surface area contributed by atoms with Gasteiger partial charge in [-0.2, -0.15) is 0 Å². The second-order valence-electron chi connectivity index (χ2n) is 9.74. The highest BCUT2D eigenvalue weighted by molar-refractivity contribution is 5.97. The average molecular weight is 451 g/mol. The van der Waals surface area contributed by atoms with Crippen LogP contribution in [-0.2, 0) is 4.79 Å². The van der Waals surface area contributed by atoms with Gasteiger partial charge in [-0.25, -0.2) is 0 Å². The van der Waals surface area contributed by atoms with Crippen LogP contribution in [0.4, 0.5) is 11.4 Å². The third-order valence-electron chi connectivity index (χ3n) is 5.55. The first kappa shape index (κ1) is 24.3. The van der Waals surface area contributed by atoms with Crippen LogP contribution in [0.15, 0.2) is 48.5 Å². The van der Waals surface area contributed by atoms with E-state index in [0.29, 0.717) is 22.7 Å². The Labute approximate surface area is 195 Å². The molecule has 1 saturated heterocycles. The number of hydrogen-bond acceptors (Lipinski definition) is 4. The fraction of sp³-hybridized carbons (Fsp3) is 0.423. The minimum Gasteiger partial charge on any atom is -0.376 e. The molecule has 1 aliphatic heterocycles. The maximum absolute atomic E-state index is 12.8. The van der Waals surface area contributed by atoms with Crippen LogP contribution >= 0.6 is 0 Å². The smallest absolute Gasteiger partial charge is 0.253 e. The summed E-state index contributed by atoms with van der Waals surface area (Å²) in [6.07, 6.45) is 2.07. The van der Waals surface area contributed by atoms with Crippen LogP contribution in [0.25, 0.3) is 0 Å². The summed E-state index contributed by atoms with van der Waals surface area (Å²) in [5.74, 6) is 0.321. The lowest BCUT2D eigenvalue weighted by molar-refractivity contribution is -0.114. The number of hydrogen-bond donors (Lipinski definition) is 3. The zero-order valence-electron chi connectivity index (χ0n) is 19.9. The Kier molecular flexibility index (Phi) is 7.74. The molecule has 0 atom stereocenters. The molecule has 0 unspecified atom stereocenters. The summed E-state index contributed by atoms with van der Waals surface area (Å²) in [6.45, 7) is 9.62. The van der Waals surface area contributed by atoms with Crippen LogP contribution < -0.4 is 16.0 Å². The highest BCUT2D eigenvalue weighted by Crippen LogP contribution is 2.20. The summed E-state index contributed by atoms with van der Waals surface area (Å²) in [6, 6.07) is 14.0. The fourth-order valence-electron chi connectivity index (χ4n) is 3.66. The number of carbonyl (C=O) groups excluding carboxylic acids is 3. The van der Waals surface area contributed by atoms with Gasteiger partial charge in [0.2, 0.25) is 5.91 Å². The Bertz CT molecular complexity index is 987. The zero-order valence-corrected chi connectivity index (χ0v) is 19.9. The van der Waals surface area contributed by atoms with Crippen molar-refractivity contribution in [2.24, 2.45) is 5.92 Å². The predicted octanol–water partition coefficient (Wildman–Crippen LogP) is 4.14. The summed E-state index contributed by atoms with van der Waals surface area (Å²) in [5, 5.41) is 8.80. The van der Waals surface area contributed by atoms with Gasteiger partial charge in [-0.1, -0.05) is 13.0 Å². The van der Waals surface area contributed by atoms with Crippen LogP contribution in [0.1, 0.15) is 61.3 Å². The standard InChI is InChI=1S/C26H34N4O3/c1-18-12-14-30(15-13-18)25(33)20-6-5-7-22(16-20)27-17-23(31)28-21-10-8-19(9-11-21)24(32)29-26(2,3)4/h5-11,16,18,27H,12-15,17H2,1-4H3,(H,28,31)(H,29,32). The topological polar surface area (TPSA) is 90.5 Å². The molecule has 3 rings (SSSR count). The molecule has 3 N–H and O–H groups in total. The van der Waals surface area contributed by atoms with Crippen molar-refractivity contribution in [1.82, 2.24) is 10.2 Å².